The van der Waals surface area contributed by atoms with E-state index in [9.17, 15) is 24.0 Å². The Hall–Kier alpha value is -4.13. The van der Waals surface area contributed by atoms with Crippen LogP contribution in [0.25, 0.3) is 6.08 Å². The van der Waals surface area contributed by atoms with Crippen LogP contribution in [0.15, 0.2) is 24.3 Å². The van der Waals surface area contributed by atoms with Crippen LogP contribution in [0.5, 0.6) is 11.5 Å². The second-order valence-electron chi connectivity index (χ2n) is 7.56. The lowest BCUT2D eigenvalue weighted by Crippen LogP contribution is -2.64. The lowest BCUT2D eigenvalue weighted by molar-refractivity contribution is -0.282. The minimum Gasteiger partial charge on any atom is -0.493 e. The summed E-state index contributed by atoms with van der Waals surface area (Å²) < 4.78 is 42.1. The first-order valence-corrected chi connectivity index (χ1v) is 10.9. The lowest BCUT2D eigenvalue weighted by Gasteiger charge is -2.43. The normalized spacial score (nSPS) is 22.9. The summed E-state index contributed by atoms with van der Waals surface area (Å²) in [7, 11) is 3.68. The highest BCUT2D eigenvalue weighted by Gasteiger charge is 2.56. The molecule has 1 fully saturated rings. The SMILES string of the molecule is COC(=O)/C=C/c1ccc(O[C@@H]2O[C@H](C(=O)OC)[C@@H](OC(C)=O)[C@H](OC(C)=O)[C@H]2OC(C)=O)c(OC)c1. The zero-order chi connectivity index (χ0) is 27.7. The van der Waals surface area contributed by atoms with Crippen molar-refractivity contribution in [3.8, 4) is 11.5 Å². The predicted molar refractivity (Wildman–Crippen MR) is 122 cm³/mol. The van der Waals surface area contributed by atoms with Crippen LogP contribution in [0, 0.1) is 0 Å². The summed E-state index contributed by atoms with van der Waals surface area (Å²) in [5, 5.41) is 0. The molecule has 2 rings (SSSR count). The molecule has 0 aromatic heterocycles. The Morgan fingerprint density at radius 2 is 1.38 bits per heavy atom. The van der Waals surface area contributed by atoms with Gasteiger partial charge in [0.15, 0.2) is 29.8 Å². The molecule has 13 heteroatoms. The monoisotopic (exact) mass is 524 g/mol. The third kappa shape index (κ3) is 7.93. The fourth-order valence-corrected chi connectivity index (χ4v) is 3.42. The summed E-state index contributed by atoms with van der Waals surface area (Å²) >= 11 is 0. The molecule has 0 amide bonds. The smallest absolute Gasteiger partial charge is 0.339 e. The van der Waals surface area contributed by atoms with Gasteiger partial charge in [-0.2, -0.15) is 0 Å². The maximum Gasteiger partial charge on any atom is 0.339 e. The molecule has 1 saturated heterocycles. The van der Waals surface area contributed by atoms with Crippen LogP contribution in [0.1, 0.15) is 26.3 Å². The Balaban J connectivity index is 2.51. The molecule has 1 aromatic carbocycles. The molecule has 0 N–H and O–H groups in total. The maximum atomic E-state index is 12.5. The second kappa shape index (κ2) is 13.3. The van der Waals surface area contributed by atoms with Crippen LogP contribution in [-0.2, 0) is 52.4 Å². The first-order valence-electron chi connectivity index (χ1n) is 10.9. The molecule has 13 nitrogen and oxygen atoms in total. The van der Waals surface area contributed by atoms with Gasteiger partial charge in [0.25, 0.3) is 0 Å². The molecule has 0 aliphatic carbocycles. The van der Waals surface area contributed by atoms with Gasteiger partial charge in [-0.1, -0.05) is 6.07 Å². The molecule has 202 valence electrons. The van der Waals surface area contributed by atoms with Crippen LogP contribution in [0.3, 0.4) is 0 Å². The fourth-order valence-electron chi connectivity index (χ4n) is 3.42. The Morgan fingerprint density at radius 3 is 1.92 bits per heavy atom. The molecule has 5 atom stereocenters. The van der Waals surface area contributed by atoms with Crippen LogP contribution < -0.4 is 9.47 Å². The highest BCUT2D eigenvalue weighted by Crippen LogP contribution is 2.35. The van der Waals surface area contributed by atoms with E-state index in [0.717, 1.165) is 27.9 Å². The third-order valence-electron chi connectivity index (χ3n) is 4.88. The zero-order valence-corrected chi connectivity index (χ0v) is 21.1. The van der Waals surface area contributed by atoms with E-state index in [4.69, 9.17) is 33.2 Å². The van der Waals surface area contributed by atoms with Crippen molar-refractivity contribution < 1.29 is 61.9 Å². The van der Waals surface area contributed by atoms with Crippen molar-refractivity contribution in [1.29, 1.82) is 0 Å². The number of hydrogen-bond acceptors (Lipinski definition) is 13. The van der Waals surface area contributed by atoms with Crippen LogP contribution in [-0.4, -0.2) is 81.9 Å². The third-order valence-corrected chi connectivity index (χ3v) is 4.88. The van der Waals surface area contributed by atoms with Gasteiger partial charge in [0.05, 0.1) is 21.3 Å². The van der Waals surface area contributed by atoms with Crippen molar-refractivity contribution in [2.24, 2.45) is 0 Å². The standard InChI is InChI=1S/C24H28O13/c1-12(25)33-19-20(34-13(2)26)22(35-14(3)27)24(37-21(19)23(29)32-6)36-16-9-7-15(11-17(16)30-4)8-10-18(28)31-5/h7-11,19-22,24H,1-6H3/b10-8+/t19-,20-,21-,22+,24+/m0/s1. The van der Waals surface area contributed by atoms with Crippen LogP contribution in [0.2, 0.25) is 0 Å². The first kappa shape index (κ1) is 29.1. The number of hydrogen-bond donors (Lipinski definition) is 0. The van der Waals surface area contributed by atoms with Gasteiger partial charge in [-0.3, -0.25) is 14.4 Å². The van der Waals surface area contributed by atoms with Gasteiger partial charge in [-0.15, -0.1) is 0 Å². The van der Waals surface area contributed by atoms with E-state index in [0.29, 0.717) is 5.56 Å². The Labute approximate surface area is 212 Å². The van der Waals surface area contributed by atoms with Crippen molar-refractivity contribution >= 4 is 35.9 Å². The van der Waals surface area contributed by atoms with Crippen molar-refractivity contribution in [2.75, 3.05) is 21.3 Å². The molecule has 1 heterocycles. The number of benzene rings is 1. The van der Waals surface area contributed by atoms with Gasteiger partial charge in [0.1, 0.15) is 0 Å². The number of rotatable bonds is 9. The van der Waals surface area contributed by atoms with Gasteiger partial charge in [-0.05, 0) is 23.8 Å². The van der Waals surface area contributed by atoms with E-state index < -0.39 is 60.6 Å². The summed E-state index contributed by atoms with van der Waals surface area (Å²) in [6.45, 7) is 3.25. The van der Waals surface area contributed by atoms with Gasteiger partial charge in [-0.25, -0.2) is 9.59 Å². The predicted octanol–water partition coefficient (Wildman–Crippen LogP) is 0.953. The molecule has 1 aliphatic heterocycles. The topological polar surface area (TPSA) is 159 Å². The molecule has 0 radical (unpaired) electrons. The van der Waals surface area contributed by atoms with E-state index in [1.165, 1.54) is 38.5 Å². The average Bonchev–Trinajstić information content (AvgIpc) is 2.84. The molecule has 0 unspecified atom stereocenters. The molecule has 1 aliphatic rings. The molecule has 1 aromatic rings. The number of carbonyl (C=O) groups excluding carboxylic acids is 5. The van der Waals surface area contributed by atoms with Gasteiger partial charge < -0.3 is 37.9 Å². The van der Waals surface area contributed by atoms with Gasteiger partial charge in [0, 0.05) is 26.8 Å². The van der Waals surface area contributed by atoms with Crippen molar-refractivity contribution in [1.82, 2.24) is 0 Å². The molecule has 0 spiro atoms. The molecular formula is C24H28O13. The number of esters is 5. The highest BCUT2D eigenvalue weighted by molar-refractivity contribution is 5.87. The van der Waals surface area contributed by atoms with Crippen molar-refractivity contribution in [2.45, 2.75) is 51.5 Å². The van der Waals surface area contributed by atoms with E-state index >= 15 is 0 Å². The molecule has 37 heavy (non-hydrogen) atoms. The zero-order valence-electron chi connectivity index (χ0n) is 21.1. The van der Waals surface area contributed by atoms with Gasteiger partial charge in [0.2, 0.25) is 12.4 Å². The lowest BCUT2D eigenvalue weighted by atomic mass is 9.97. The average molecular weight is 524 g/mol. The fraction of sp³-hybridized carbons (Fsp3) is 0.458. The summed E-state index contributed by atoms with van der Waals surface area (Å²) in [6, 6.07) is 4.57. The first-order chi connectivity index (χ1) is 17.5. The summed E-state index contributed by atoms with van der Waals surface area (Å²) in [5.41, 5.74) is 0.552. The Morgan fingerprint density at radius 1 is 0.784 bits per heavy atom. The summed E-state index contributed by atoms with van der Waals surface area (Å²) in [5.74, 6) is -3.71. The largest absolute Gasteiger partial charge is 0.493 e. The minimum absolute atomic E-state index is 0.0796. The summed E-state index contributed by atoms with van der Waals surface area (Å²) in [4.78, 5) is 59.5. The number of ether oxygens (including phenoxy) is 8. The van der Waals surface area contributed by atoms with E-state index in [1.54, 1.807) is 6.07 Å². The highest BCUT2D eigenvalue weighted by atomic mass is 16.7. The number of methoxy groups -OCH3 is 3. The van der Waals surface area contributed by atoms with Crippen LogP contribution >= 0.6 is 0 Å². The minimum atomic E-state index is -1.61. The number of carbonyl (C=O) groups is 5. The Bertz CT molecular complexity index is 1050. The van der Waals surface area contributed by atoms with E-state index in [-0.39, 0.29) is 11.5 Å². The summed E-state index contributed by atoms with van der Waals surface area (Å²) in [6.07, 6.45) is -4.97. The molecule has 0 saturated carbocycles. The van der Waals surface area contributed by atoms with E-state index in [1.807, 2.05) is 0 Å². The van der Waals surface area contributed by atoms with Crippen LogP contribution in [0.4, 0.5) is 0 Å². The van der Waals surface area contributed by atoms with E-state index in [2.05, 4.69) is 4.74 Å². The van der Waals surface area contributed by atoms with Crippen molar-refractivity contribution in [3.05, 3.63) is 29.8 Å². The quantitative estimate of drug-likeness (QED) is 0.255. The maximum absolute atomic E-state index is 12.5. The second-order valence-corrected chi connectivity index (χ2v) is 7.56. The molecular weight excluding hydrogens is 496 g/mol. The Kier molecular flexibility index (Phi) is 10.4. The van der Waals surface area contributed by atoms with Crippen molar-refractivity contribution in [3.63, 3.8) is 0 Å². The van der Waals surface area contributed by atoms with Gasteiger partial charge >= 0.3 is 29.8 Å². The molecule has 0 bridgehead atoms.